The van der Waals surface area contributed by atoms with Crippen molar-refractivity contribution in [3.63, 3.8) is 0 Å². The van der Waals surface area contributed by atoms with E-state index in [1.807, 2.05) is 66.4 Å². The smallest absolute Gasteiger partial charge is 0.221 e. The summed E-state index contributed by atoms with van der Waals surface area (Å²) >= 11 is 0. The number of likely N-dealkylation sites (N-methyl/N-ethyl adjacent to an activating group) is 1. The zero-order chi connectivity index (χ0) is 15.9. The number of nitrogens with zero attached hydrogens (tertiary/aromatic N) is 1. The minimum absolute atomic E-state index is 0.0556. The molecular formula is C18H20N2O2. The van der Waals surface area contributed by atoms with Crippen molar-refractivity contribution in [3.05, 3.63) is 60.2 Å². The molecule has 2 aromatic carbocycles. The molecule has 4 nitrogen and oxygen atoms in total. The zero-order valence-electron chi connectivity index (χ0n) is 12.9. The summed E-state index contributed by atoms with van der Waals surface area (Å²) in [6, 6.07) is 16.7. The van der Waals surface area contributed by atoms with Gasteiger partial charge in [0, 0.05) is 19.0 Å². The SMILES string of the molecule is CCN(CC(=O)c1ccccc1)c1ccccc1NC(C)=O. The third kappa shape index (κ3) is 3.95. The van der Waals surface area contributed by atoms with Gasteiger partial charge in [0.25, 0.3) is 0 Å². The second kappa shape index (κ2) is 7.41. The van der Waals surface area contributed by atoms with Crippen LogP contribution < -0.4 is 10.2 Å². The molecule has 0 aromatic heterocycles. The van der Waals surface area contributed by atoms with Crippen molar-refractivity contribution < 1.29 is 9.59 Å². The van der Waals surface area contributed by atoms with Crippen LogP contribution in [0.5, 0.6) is 0 Å². The van der Waals surface area contributed by atoms with Crippen LogP contribution in [-0.2, 0) is 4.79 Å². The van der Waals surface area contributed by atoms with Crippen molar-refractivity contribution in [2.45, 2.75) is 13.8 Å². The van der Waals surface area contributed by atoms with E-state index in [0.29, 0.717) is 12.1 Å². The van der Waals surface area contributed by atoms with E-state index in [4.69, 9.17) is 0 Å². The summed E-state index contributed by atoms with van der Waals surface area (Å²) in [4.78, 5) is 25.7. The van der Waals surface area contributed by atoms with Gasteiger partial charge < -0.3 is 10.2 Å². The summed E-state index contributed by atoms with van der Waals surface area (Å²) in [5.41, 5.74) is 2.26. The molecule has 0 saturated heterocycles. The van der Waals surface area contributed by atoms with Gasteiger partial charge in [-0.05, 0) is 19.1 Å². The highest BCUT2D eigenvalue weighted by atomic mass is 16.1. The van der Waals surface area contributed by atoms with E-state index in [1.54, 1.807) is 0 Å². The van der Waals surface area contributed by atoms with Gasteiger partial charge in [0.05, 0.1) is 17.9 Å². The fraction of sp³-hybridized carbons (Fsp3) is 0.222. The maximum Gasteiger partial charge on any atom is 0.221 e. The van der Waals surface area contributed by atoms with Crippen LogP contribution in [-0.4, -0.2) is 24.8 Å². The highest BCUT2D eigenvalue weighted by Gasteiger charge is 2.15. The zero-order valence-corrected chi connectivity index (χ0v) is 12.9. The Balaban J connectivity index is 2.22. The maximum atomic E-state index is 12.4. The fourth-order valence-electron chi connectivity index (χ4n) is 2.30. The molecule has 1 amide bonds. The number of rotatable bonds is 6. The van der Waals surface area contributed by atoms with Gasteiger partial charge in [-0.2, -0.15) is 0 Å². The quantitative estimate of drug-likeness (QED) is 0.832. The Hall–Kier alpha value is -2.62. The topological polar surface area (TPSA) is 49.4 Å². The van der Waals surface area contributed by atoms with Gasteiger partial charge in [0.1, 0.15) is 0 Å². The monoisotopic (exact) mass is 296 g/mol. The Kier molecular flexibility index (Phi) is 5.31. The van der Waals surface area contributed by atoms with E-state index in [0.717, 1.165) is 11.4 Å². The number of anilines is 2. The molecule has 4 heteroatoms. The number of hydrogen-bond donors (Lipinski definition) is 1. The summed E-state index contributed by atoms with van der Waals surface area (Å²) in [6.07, 6.45) is 0. The van der Waals surface area contributed by atoms with Crippen LogP contribution in [0.25, 0.3) is 0 Å². The molecule has 1 N–H and O–H groups in total. The van der Waals surface area contributed by atoms with Gasteiger partial charge in [-0.15, -0.1) is 0 Å². The summed E-state index contributed by atoms with van der Waals surface area (Å²) in [5, 5.41) is 2.81. The number of carbonyl (C=O) groups excluding carboxylic acids is 2. The van der Waals surface area contributed by atoms with Gasteiger partial charge >= 0.3 is 0 Å². The number of amides is 1. The molecule has 0 atom stereocenters. The van der Waals surface area contributed by atoms with Crippen molar-refractivity contribution in [3.8, 4) is 0 Å². The van der Waals surface area contributed by atoms with Crippen molar-refractivity contribution in [2.24, 2.45) is 0 Å². The first-order valence-electron chi connectivity index (χ1n) is 7.31. The predicted molar refractivity (Wildman–Crippen MR) is 89.4 cm³/mol. The lowest BCUT2D eigenvalue weighted by atomic mass is 10.1. The van der Waals surface area contributed by atoms with E-state index >= 15 is 0 Å². The number of Topliss-reactive ketones (excluding diaryl/α,β-unsaturated/α-hetero) is 1. The average Bonchev–Trinajstić information content (AvgIpc) is 2.53. The van der Waals surface area contributed by atoms with Crippen LogP contribution in [0.3, 0.4) is 0 Å². The summed E-state index contributed by atoms with van der Waals surface area (Å²) in [7, 11) is 0. The highest BCUT2D eigenvalue weighted by Crippen LogP contribution is 2.25. The summed E-state index contributed by atoms with van der Waals surface area (Å²) < 4.78 is 0. The summed E-state index contributed by atoms with van der Waals surface area (Å²) in [6.45, 7) is 4.41. The molecule has 0 fully saturated rings. The highest BCUT2D eigenvalue weighted by molar-refractivity contribution is 6.00. The normalized spacial score (nSPS) is 10.1. The number of nitrogens with one attached hydrogen (secondary N) is 1. The van der Waals surface area contributed by atoms with Crippen LogP contribution in [0, 0.1) is 0 Å². The van der Waals surface area contributed by atoms with Crippen molar-refractivity contribution in [1.29, 1.82) is 0 Å². The lowest BCUT2D eigenvalue weighted by Crippen LogP contribution is -2.30. The van der Waals surface area contributed by atoms with Crippen molar-refractivity contribution in [1.82, 2.24) is 0 Å². The molecule has 0 spiro atoms. The van der Waals surface area contributed by atoms with Crippen LogP contribution >= 0.6 is 0 Å². The Morgan fingerprint density at radius 1 is 1.00 bits per heavy atom. The molecule has 0 aliphatic rings. The van der Waals surface area contributed by atoms with E-state index in [2.05, 4.69) is 5.32 Å². The first-order chi connectivity index (χ1) is 10.6. The first kappa shape index (κ1) is 15.8. The lowest BCUT2D eigenvalue weighted by molar-refractivity contribution is -0.114. The molecule has 0 aliphatic carbocycles. The van der Waals surface area contributed by atoms with Gasteiger partial charge in [-0.1, -0.05) is 42.5 Å². The third-order valence-corrected chi connectivity index (χ3v) is 3.37. The molecular weight excluding hydrogens is 276 g/mol. The van der Waals surface area contributed by atoms with Crippen molar-refractivity contribution >= 4 is 23.1 Å². The standard InChI is InChI=1S/C18H20N2O2/c1-3-20(13-18(22)15-9-5-4-6-10-15)17-12-8-7-11-16(17)19-14(2)21/h4-12H,3,13H2,1-2H3,(H,19,21). The second-order valence-corrected chi connectivity index (χ2v) is 5.00. The minimum Gasteiger partial charge on any atom is -0.362 e. The number of carbonyl (C=O) groups is 2. The molecule has 2 aromatic rings. The van der Waals surface area contributed by atoms with E-state index < -0.39 is 0 Å². The van der Waals surface area contributed by atoms with Crippen LogP contribution in [0.2, 0.25) is 0 Å². The molecule has 0 saturated carbocycles. The molecule has 0 bridgehead atoms. The fourth-order valence-corrected chi connectivity index (χ4v) is 2.30. The Morgan fingerprint density at radius 3 is 2.27 bits per heavy atom. The molecule has 0 aliphatic heterocycles. The number of para-hydroxylation sites is 2. The number of ketones is 1. The van der Waals surface area contributed by atoms with Crippen LogP contribution in [0.1, 0.15) is 24.2 Å². The molecule has 0 heterocycles. The molecule has 22 heavy (non-hydrogen) atoms. The van der Waals surface area contributed by atoms with Gasteiger partial charge in [0.2, 0.25) is 5.91 Å². The van der Waals surface area contributed by atoms with Gasteiger partial charge in [-0.3, -0.25) is 9.59 Å². The Morgan fingerprint density at radius 2 is 1.64 bits per heavy atom. The summed E-state index contributed by atoms with van der Waals surface area (Å²) in [5.74, 6) is -0.0713. The number of benzene rings is 2. The molecule has 114 valence electrons. The third-order valence-electron chi connectivity index (χ3n) is 3.37. The molecule has 0 radical (unpaired) electrons. The largest absolute Gasteiger partial charge is 0.362 e. The van der Waals surface area contributed by atoms with E-state index in [-0.39, 0.29) is 18.2 Å². The maximum absolute atomic E-state index is 12.4. The predicted octanol–water partition coefficient (Wildman–Crippen LogP) is 3.35. The van der Waals surface area contributed by atoms with E-state index in [9.17, 15) is 9.59 Å². The van der Waals surface area contributed by atoms with Crippen LogP contribution in [0.15, 0.2) is 54.6 Å². The van der Waals surface area contributed by atoms with Crippen molar-refractivity contribution in [2.75, 3.05) is 23.3 Å². The average molecular weight is 296 g/mol. The first-order valence-corrected chi connectivity index (χ1v) is 7.31. The Labute approximate surface area is 130 Å². The molecule has 0 unspecified atom stereocenters. The minimum atomic E-state index is -0.127. The lowest BCUT2D eigenvalue weighted by Gasteiger charge is -2.25. The van der Waals surface area contributed by atoms with E-state index in [1.165, 1.54) is 6.92 Å². The second-order valence-electron chi connectivity index (χ2n) is 5.00. The molecule has 2 rings (SSSR count). The van der Waals surface area contributed by atoms with Gasteiger partial charge in [0.15, 0.2) is 5.78 Å². The Bertz CT molecular complexity index is 653. The van der Waals surface area contributed by atoms with Gasteiger partial charge in [-0.25, -0.2) is 0 Å². The number of hydrogen-bond acceptors (Lipinski definition) is 3. The van der Waals surface area contributed by atoms with Crippen LogP contribution in [0.4, 0.5) is 11.4 Å².